The highest BCUT2D eigenvalue weighted by molar-refractivity contribution is 5.67. The lowest BCUT2D eigenvalue weighted by molar-refractivity contribution is -0.137. The minimum absolute atomic E-state index is 0.0886. The number of allylic oxidation sites excluding steroid dienone is 1. The lowest BCUT2D eigenvalue weighted by Gasteiger charge is -2.24. The Hall–Kier alpha value is -1.91. The topological polar surface area (TPSA) is 46.5 Å². The largest absolute Gasteiger partial charge is 0.489 e. The summed E-state index contributed by atoms with van der Waals surface area (Å²) in [5.74, 6) is -2.91. The van der Waals surface area contributed by atoms with Crippen LogP contribution in [0.4, 0.5) is 8.78 Å². The third-order valence-corrected chi connectivity index (χ3v) is 6.05. The maximum absolute atomic E-state index is 14.1. The Morgan fingerprint density at radius 3 is 2.61 bits per heavy atom. The molecule has 0 bridgehead atoms. The number of halogens is 2. The normalized spacial score (nSPS) is 18.5. The monoisotopic (exact) mass is 392 g/mol. The SMILES string of the molecule is CC(F)(F)c1cc(OCC2=C(C3CCCCC3)CCC2)ccc1CCC(=O)O. The molecule has 3 rings (SSSR count). The van der Waals surface area contributed by atoms with E-state index >= 15 is 0 Å². The molecule has 1 saturated carbocycles. The molecule has 3 nitrogen and oxygen atoms in total. The Kier molecular flexibility index (Phi) is 6.73. The zero-order chi connectivity index (χ0) is 20.1. The van der Waals surface area contributed by atoms with E-state index in [2.05, 4.69) is 0 Å². The van der Waals surface area contributed by atoms with Crippen molar-refractivity contribution in [2.75, 3.05) is 6.61 Å². The molecule has 2 aliphatic rings. The number of hydrogen-bond acceptors (Lipinski definition) is 2. The molecule has 1 aromatic rings. The summed E-state index contributed by atoms with van der Waals surface area (Å²) in [5.41, 5.74) is 3.13. The van der Waals surface area contributed by atoms with Crippen LogP contribution in [0.15, 0.2) is 29.3 Å². The molecular weight excluding hydrogens is 362 g/mol. The predicted octanol–water partition coefficient (Wildman–Crippen LogP) is 6.26. The first-order chi connectivity index (χ1) is 13.3. The fourth-order valence-electron chi connectivity index (χ4n) is 4.62. The summed E-state index contributed by atoms with van der Waals surface area (Å²) >= 11 is 0. The van der Waals surface area contributed by atoms with Crippen LogP contribution in [0.3, 0.4) is 0 Å². The standard InChI is InChI=1S/C23H30F2O3/c1-23(24,25)21-14-19(12-10-17(21)11-13-22(26)27)28-15-18-8-5-9-20(18)16-6-3-2-4-7-16/h10,12,14,16H,2-9,11,13,15H2,1H3,(H,26,27). The zero-order valence-corrected chi connectivity index (χ0v) is 16.6. The van der Waals surface area contributed by atoms with Gasteiger partial charge in [-0.15, -0.1) is 0 Å². The number of carboxylic acids is 1. The van der Waals surface area contributed by atoms with Gasteiger partial charge in [0, 0.05) is 18.9 Å². The highest BCUT2D eigenvalue weighted by atomic mass is 19.3. The van der Waals surface area contributed by atoms with Gasteiger partial charge < -0.3 is 9.84 Å². The number of carbonyl (C=O) groups is 1. The van der Waals surface area contributed by atoms with Gasteiger partial charge in [-0.2, -0.15) is 0 Å². The van der Waals surface area contributed by atoms with Crippen LogP contribution in [0.5, 0.6) is 5.75 Å². The highest BCUT2D eigenvalue weighted by Crippen LogP contribution is 2.39. The molecular formula is C23H30F2O3. The van der Waals surface area contributed by atoms with E-state index in [1.54, 1.807) is 17.7 Å². The molecule has 5 heteroatoms. The molecule has 0 aromatic heterocycles. The van der Waals surface area contributed by atoms with E-state index in [1.807, 2.05) is 0 Å². The zero-order valence-electron chi connectivity index (χ0n) is 16.6. The van der Waals surface area contributed by atoms with E-state index in [4.69, 9.17) is 9.84 Å². The second-order valence-electron chi connectivity index (χ2n) is 8.21. The minimum Gasteiger partial charge on any atom is -0.489 e. The molecule has 0 heterocycles. The van der Waals surface area contributed by atoms with E-state index in [0.29, 0.717) is 23.8 Å². The van der Waals surface area contributed by atoms with Crippen molar-refractivity contribution in [3.05, 3.63) is 40.5 Å². The quantitative estimate of drug-likeness (QED) is 0.532. The molecule has 1 fully saturated rings. The predicted molar refractivity (Wildman–Crippen MR) is 105 cm³/mol. The summed E-state index contributed by atoms with van der Waals surface area (Å²) in [4.78, 5) is 10.8. The smallest absolute Gasteiger partial charge is 0.303 e. The van der Waals surface area contributed by atoms with Gasteiger partial charge in [-0.05, 0) is 67.7 Å². The first-order valence-electron chi connectivity index (χ1n) is 10.4. The van der Waals surface area contributed by atoms with Gasteiger partial charge >= 0.3 is 5.97 Å². The van der Waals surface area contributed by atoms with Gasteiger partial charge in [0.2, 0.25) is 0 Å². The van der Waals surface area contributed by atoms with Crippen LogP contribution in [0, 0.1) is 5.92 Å². The van der Waals surface area contributed by atoms with Crippen molar-refractivity contribution in [2.24, 2.45) is 5.92 Å². The summed E-state index contributed by atoms with van der Waals surface area (Å²) in [6.45, 7) is 1.31. The molecule has 1 aromatic carbocycles. The lowest BCUT2D eigenvalue weighted by Crippen LogP contribution is -2.13. The molecule has 0 atom stereocenters. The molecule has 1 N–H and O–H groups in total. The summed E-state index contributed by atoms with van der Waals surface area (Å²) < 4.78 is 34.0. The van der Waals surface area contributed by atoms with Gasteiger partial charge in [0.1, 0.15) is 12.4 Å². The van der Waals surface area contributed by atoms with E-state index in [9.17, 15) is 13.6 Å². The van der Waals surface area contributed by atoms with Gasteiger partial charge in [-0.3, -0.25) is 4.79 Å². The Balaban J connectivity index is 1.72. The first kappa shape index (κ1) is 20.8. The van der Waals surface area contributed by atoms with Crippen LogP contribution in [0.2, 0.25) is 0 Å². The molecule has 28 heavy (non-hydrogen) atoms. The van der Waals surface area contributed by atoms with Crippen LogP contribution in [0.25, 0.3) is 0 Å². The third kappa shape index (κ3) is 5.33. The number of alkyl halides is 2. The van der Waals surface area contributed by atoms with E-state index in [1.165, 1.54) is 43.7 Å². The van der Waals surface area contributed by atoms with E-state index < -0.39 is 11.9 Å². The maximum Gasteiger partial charge on any atom is 0.303 e. The molecule has 154 valence electrons. The van der Waals surface area contributed by atoms with Crippen molar-refractivity contribution in [2.45, 2.75) is 77.1 Å². The Morgan fingerprint density at radius 2 is 1.93 bits per heavy atom. The van der Waals surface area contributed by atoms with Crippen LogP contribution in [-0.2, 0) is 17.1 Å². The lowest BCUT2D eigenvalue weighted by atomic mass is 9.82. The maximum atomic E-state index is 14.1. The van der Waals surface area contributed by atoms with Gasteiger partial charge in [0.05, 0.1) is 0 Å². The number of hydrogen-bond donors (Lipinski definition) is 1. The average Bonchev–Trinajstić information content (AvgIpc) is 3.13. The van der Waals surface area contributed by atoms with Crippen molar-refractivity contribution < 1.29 is 23.4 Å². The van der Waals surface area contributed by atoms with Crippen molar-refractivity contribution in [3.63, 3.8) is 0 Å². The molecule has 0 amide bonds. The summed E-state index contributed by atoms with van der Waals surface area (Å²) in [6, 6.07) is 4.64. The summed E-state index contributed by atoms with van der Waals surface area (Å²) in [7, 11) is 0. The van der Waals surface area contributed by atoms with Crippen LogP contribution < -0.4 is 4.74 Å². The van der Waals surface area contributed by atoms with Crippen molar-refractivity contribution in [1.82, 2.24) is 0 Å². The first-order valence-corrected chi connectivity index (χ1v) is 10.4. The average molecular weight is 392 g/mol. The van der Waals surface area contributed by atoms with Gasteiger partial charge in [0.25, 0.3) is 5.92 Å². The molecule has 0 saturated heterocycles. The van der Waals surface area contributed by atoms with Gasteiger partial charge in [0.15, 0.2) is 0 Å². The number of aliphatic carboxylic acids is 1. The van der Waals surface area contributed by atoms with Gasteiger partial charge in [-0.1, -0.05) is 30.9 Å². The van der Waals surface area contributed by atoms with Crippen molar-refractivity contribution in [3.8, 4) is 5.75 Å². The minimum atomic E-state index is -3.03. The fraction of sp³-hybridized carbons (Fsp3) is 0.609. The van der Waals surface area contributed by atoms with Gasteiger partial charge in [-0.25, -0.2) is 8.78 Å². The van der Waals surface area contributed by atoms with Crippen LogP contribution in [0.1, 0.15) is 75.8 Å². The number of ether oxygens (including phenoxy) is 1. The van der Waals surface area contributed by atoms with Crippen molar-refractivity contribution in [1.29, 1.82) is 0 Å². The number of carboxylic acid groups (broad SMARTS) is 1. The fourth-order valence-corrected chi connectivity index (χ4v) is 4.62. The number of aryl methyl sites for hydroxylation is 1. The van der Waals surface area contributed by atoms with Crippen LogP contribution in [-0.4, -0.2) is 17.7 Å². The molecule has 0 radical (unpaired) electrons. The second-order valence-corrected chi connectivity index (χ2v) is 8.21. The third-order valence-electron chi connectivity index (χ3n) is 6.05. The van der Waals surface area contributed by atoms with E-state index in [-0.39, 0.29) is 18.4 Å². The highest BCUT2D eigenvalue weighted by Gasteiger charge is 2.29. The number of benzene rings is 1. The van der Waals surface area contributed by atoms with E-state index in [0.717, 1.165) is 26.2 Å². The Labute approximate surface area is 165 Å². The summed E-state index contributed by atoms with van der Waals surface area (Å²) in [5, 5.41) is 8.84. The van der Waals surface area contributed by atoms with Crippen molar-refractivity contribution >= 4 is 5.97 Å². The Bertz CT molecular complexity index is 728. The Morgan fingerprint density at radius 1 is 1.18 bits per heavy atom. The number of rotatable bonds is 8. The summed E-state index contributed by atoms with van der Waals surface area (Å²) in [6.07, 6.45) is 9.74. The molecule has 0 spiro atoms. The molecule has 2 aliphatic carbocycles. The van der Waals surface area contributed by atoms with Crippen LogP contribution >= 0.6 is 0 Å². The molecule has 0 aliphatic heterocycles. The molecule has 0 unspecified atom stereocenters. The second kappa shape index (κ2) is 9.06.